The molecule has 0 unspecified atom stereocenters. The van der Waals surface area contributed by atoms with E-state index >= 15 is 0 Å². The fourth-order valence-corrected chi connectivity index (χ4v) is 3.09. The van der Waals surface area contributed by atoms with Crippen molar-refractivity contribution in [2.24, 2.45) is 5.10 Å². The van der Waals surface area contributed by atoms with Crippen LogP contribution >= 0.6 is 0 Å². The Morgan fingerprint density at radius 1 is 1.16 bits per heavy atom. The Morgan fingerprint density at radius 3 is 2.50 bits per heavy atom. The van der Waals surface area contributed by atoms with Crippen molar-refractivity contribution in [1.29, 1.82) is 0 Å². The van der Waals surface area contributed by atoms with E-state index in [9.17, 15) is 9.59 Å². The Labute approximate surface area is 187 Å². The van der Waals surface area contributed by atoms with Gasteiger partial charge in [-0.25, -0.2) is 4.79 Å². The zero-order chi connectivity index (χ0) is 23.3. The van der Waals surface area contributed by atoms with Gasteiger partial charge in [0.05, 0.1) is 35.7 Å². The smallest absolute Gasteiger partial charge is 0.338 e. The van der Waals surface area contributed by atoms with Crippen LogP contribution in [0.1, 0.15) is 36.7 Å². The monoisotopic (exact) mass is 434 g/mol. The second-order valence-electron chi connectivity index (χ2n) is 7.37. The van der Waals surface area contributed by atoms with Crippen LogP contribution in [0.5, 0.6) is 11.5 Å². The molecule has 0 aromatic heterocycles. The summed E-state index contributed by atoms with van der Waals surface area (Å²) in [6.07, 6.45) is 3.21. The molecule has 0 saturated heterocycles. The molecule has 1 amide bonds. The van der Waals surface area contributed by atoms with E-state index in [-0.39, 0.29) is 12.0 Å². The third kappa shape index (κ3) is 5.06. The number of esters is 1. The largest absolute Gasteiger partial charge is 0.493 e. The summed E-state index contributed by atoms with van der Waals surface area (Å²) in [6, 6.07) is 12.0. The molecular weight excluding hydrogens is 408 g/mol. The maximum absolute atomic E-state index is 13.0. The number of carbonyl (C=O) groups excluding carboxylic acids is 2. The molecule has 0 spiro atoms. The Kier molecular flexibility index (Phi) is 7.10. The first-order valence-corrected chi connectivity index (χ1v) is 10.2. The molecule has 0 aliphatic carbocycles. The van der Waals surface area contributed by atoms with Crippen molar-refractivity contribution in [2.45, 2.75) is 26.9 Å². The number of benzene rings is 2. The molecule has 2 aromatic carbocycles. The summed E-state index contributed by atoms with van der Waals surface area (Å²) in [7, 11) is 1.56. The second kappa shape index (κ2) is 9.96. The van der Waals surface area contributed by atoms with Crippen molar-refractivity contribution in [3.8, 4) is 11.5 Å². The SMILES string of the molecule is C=CCOc1ccc(/C=C2/C(=O)N(c3ccc(C(=O)OC(C)C)cc3)N=C2C)cc1OC. The third-order valence-electron chi connectivity index (χ3n) is 4.61. The molecule has 1 aliphatic rings. The Bertz CT molecular complexity index is 1080. The van der Waals surface area contributed by atoms with Crippen molar-refractivity contribution >= 4 is 29.4 Å². The van der Waals surface area contributed by atoms with Crippen molar-refractivity contribution in [3.05, 3.63) is 71.8 Å². The molecule has 1 aliphatic heterocycles. The molecule has 0 bridgehead atoms. The minimum atomic E-state index is -0.408. The van der Waals surface area contributed by atoms with E-state index in [4.69, 9.17) is 14.2 Å². The van der Waals surface area contributed by atoms with Crippen LogP contribution in [0.4, 0.5) is 5.69 Å². The quantitative estimate of drug-likeness (QED) is 0.344. The summed E-state index contributed by atoms with van der Waals surface area (Å²) in [5, 5.41) is 5.71. The van der Waals surface area contributed by atoms with Crippen molar-refractivity contribution in [3.63, 3.8) is 0 Å². The predicted molar refractivity (Wildman–Crippen MR) is 124 cm³/mol. The predicted octanol–water partition coefficient (Wildman–Crippen LogP) is 4.63. The highest BCUT2D eigenvalue weighted by atomic mass is 16.5. The lowest BCUT2D eigenvalue weighted by Gasteiger charge is -2.13. The van der Waals surface area contributed by atoms with E-state index < -0.39 is 5.97 Å². The van der Waals surface area contributed by atoms with Crippen molar-refractivity contribution in [1.82, 2.24) is 0 Å². The number of amides is 1. The zero-order valence-electron chi connectivity index (χ0n) is 18.6. The summed E-state index contributed by atoms with van der Waals surface area (Å²) in [5.41, 5.74) is 2.81. The van der Waals surface area contributed by atoms with Gasteiger partial charge in [-0.3, -0.25) is 4.79 Å². The molecule has 0 radical (unpaired) electrons. The van der Waals surface area contributed by atoms with Crippen LogP contribution in [-0.4, -0.2) is 37.4 Å². The average Bonchev–Trinajstić information content (AvgIpc) is 3.06. The van der Waals surface area contributed by atoms with Gasteiger partial charge >= 0.3 is 5.97 Å². The Balaban J connectivity index is 1.81. The molecule has 3 rings (SSSR count). The molecule has 32 heavy (non-hydrogen) atoms. The fourth-order valence-electron chi connectivity index (χ4n) is 3.09. The molecule has 0 fully saturated rings. The fraction of sp³-hybridized carbons (Fsp3) is 0.240. The second-order valence-corrected chi connectivity index (χ2v) is 7.37. The van der Waals surface area contributed by atoms with E-state index in [0.29, 0.717) is 40.6 Å². The van der Waals surface area contributed by atoms with Gasteiger partial charge in [0.25, 0.3) is 5.91 Å². The van der Waals surface area contributed by atoms with Gasteiger partial charge in [-0.15, -0.1) is 0 Å². The van der Waals surface area contributed by atoms with Crippen molar-refractivity contribution < 1.29 is 23.8 Å². The molecule has 2 aromatic rings. The van der Waals surface area contributed by atoms with Gasteiger partial charge in [0, 0.05) is 0 Å². The average molecular weight is 434 g/mol. The maximum atomic E-state index is 13.0. The number of hydrogen-bond donors (Lipinski definition) is 0. The van der Waals surface area contributed by atoms with E-state index in [1.807, 2.05) is 6.07 Å². The van der Waals surface area contributed by atoms with Crippen LogP contribution in [0, 0.1) is 0 Å². The van der Waals surface area contributed by atoms with E-state index in [1.165, 1.54) is 5.01 Å². The van der Waals surface area contributed by atoms with Crippen LogP contribution in [0.25, 0.3) is 6.08 Å². The number of hydrogen-bond acceptors (Lipinski definition) is 6. The molecule has 7 nitrogen and oxygen atoms in total. The van der Waals surface area contributed by atoms with Crippen LogP contribution in [0.2, 0.25) is 0 Å². The summed E-state index contributed by atoms with van der Waals surface area (Å²) in [4.78, 5) is 25.1. The number of nitrogens with zero attached hydrogens (tertiary/aromatic N) is 2. The van der Waals surface area contributed by atoms with Gasteiger partial charge < -0.3 is 14.2 Å². The number of anilines is 1. The van der Waals surface area contributed by atoms with E-state index in [0.717, 1.165) is 5.56 Å². The van der Waals surface area contributed by atoms with Gasteiger partial charge in [-0.05, 0) is 68.8 Å². The molecule has 7 heteroatoms. The Morgan fingerprint density at radius 2 is 1.88 bits per heavy atom. The highest BCUT2D eigenvalue weighted by Gasteiger charge is 2.29. The molecule has 0 saturated carbocycles. The number of ether oxygens (including phenoxy) is 3. The van der Waals surface area contributed by atoms with E-state index in [1.54, 1.807) is 76.4 Å². The van der Waals surface area contributed by atoms with Crippen LogP contribution < -0.4 is 14.5 Å². The molecular formula is C25H26N2O5. The van der Waals surface area contributed by atoms with Gasteiger partial charge in [0.1, 0.15) is 6.61 Å². The first kappa shape index (κ1) is 22.8. The van der Waals surface area contributed by atoms with E-state index in [2.05, 4.69) is 11.7 Å². The first-order chi connectivity index (χ1) is 15.3. The number of rotatable bonds is 8. The third-order valence-corrected chi connectivity index (χ3v) is 4.61. The number of methoxy groups -OCH3 is 1. The lowest BCUT2D eigenvalue weighted by Crippen LogP contribution is -2.21. The molecule has 1 heterocycles. The van der Waals surface area contributed by atoms with Gasteiger partial charge in [-0.1, -0.05) is 18.7 Å². The molecule has 166 valence electrons. The topological polar surface area (TPSA) is 77.4 Å². The minimum absolute atomic E-state index is 0.205. The normalized spacial score (nSPS) is 14.5. The molecule has 0 N–H and O–H groups in total. The lowest BCUT2D eigenvalue weighted by atomic mass is 10.1. The van der Waals surface area contributed by atoms with Gasteiger partial charge in [0.15, 0.2) is 11.5 Å². The standard InChI is InChI=1S/C25H26N2O5/c1-6-13-31-22-12-7-18(15-23(22)30-5)14-21-17(4)26-27(24(21)28)20-10-8-19(9-11-20)25(29)32-16(2)3/h6-12,14-16H,1,13H2,2-5H3/b21-14+. The minimum Gasteiger partial charge on any atom is -0.493 e. The maximum Gasteiger partial charge on any atom is 0.338 e. The Hall–Kier alpha value is -3.87. The van der Waals surface area contributed by atoms with Crippen LogP contribution in [-0.2, 0) is 9.53 Å². The lowest BCUT2D eigenvalue weighted by molar-refractivity contribution is -0.114. The zero-order valence-corrected chi connectivity index (χ0v) is 18.6. The highest BCUT2D eigenvalue weighted by molar-refractivity contribution is 6.32. The summed E-state index contributed by atoms with van der Waals surface area (Å²) in [5.74, 6) is 0.484. The highest BCUT2D eigenvalue weighted by Crippen LogP contribution is 2.30. The summed E-state index contributed by atoms with van der Waals surface area (Å²) < 4.78 is 16.2. The van der Waals surface area contributed by atoms with Gasteiger partial charge in [-0.2, -0.15) is 10.1 Å². The van der Waals surface area contributed by atoms with Crippen LogP contribution in [0.3, 0.4) is 0 Å². The molecule has 0 atom stereocenters. The summed E-state index contributed by atoms with van der Waals surface area (Å²) in [6.45, 7) is 9.36. The number of carbonyl (C=O) groups is 2. The van der Waals surface area contributed by atoms with Crippen LogP contribution in [0.15, 0.2) is 65.8 Å². The van der Waals surface area contributed by atoms with Crippen molar-refractivity contribution in [2.75, 3.05) is 18.7 Å². The van der Waals surface area contributed by atoms with Gasteiger partial charge in [0.2, 0.25) is 0 Å². The summed E-state index contributed by atoms with van der Waals surface area (Å²) >= 11 is 0. The first-order valence-electron chi connectivity index (χ1n) is 10.2. The number of hydrazone groups is 1.